The zero-order chi connectivity index (χ0) is 12.7. The molecule has 0 saturated heterocycles. The fourth-order valence-corrected chi connectivity index (χ4v) is 2.03. The minimum Gasteiger partial charge on any atom is -0.369 e. The molecule has 0 spiro atoms. The summed E-state index contributed by atoms with van der Waals surface area (Å²) in [6, 6.07) is 7.38. The minimum atomic E-state index is -0.371. The van der Waals surface area contributed by atoms with Gasteiger partial charge in [0.25, 0.3) is 0 Å². The number of primary amides is 1. The van der Waals surface area contributed by atoms with Gasteiger partial charge in [0, 0.05) is 11.3 Å². The number of nitrogens with two attached hydrogens (primary N) is 1. The Morgan fingerprint density at radius 2 is 2.06 bits per heavy atom. The van der Waals surface area contributed by atoms with Crippen LogP contribution >= 0.6 is 11.8 Å². The minimum absolute atomic E-state index is 0.0142. The molecule has 0 saturated carbocycles. The molecule has 1 rings (SSSR count). The number of amides is 2. The van der Waals surface area contributed by atoms with E-state index in [1.807, 2.05) is 31.2 Å². The van der Waals surface area contributed by atoms with Gasteiger partial charge in [0.05, 0.1) is 11.4 Å². The van der Waals surface area contributed by atoms with Crippen molar-refractivity contribution in [2.45, 2.75) is 24.7 Å². The maximum Gasteiger partial charge on any atom is 0.227 e. The summed E-state index contributed by atoms with van der Waals surface area (Å²) < 4.78 is 0. The van der Waals surface area contributed by atoms with E-state index in [9.17, 15) is 9.59 Å². The van der Waals surface area contributed by atoms with Gasteiger partial charge in [-0.25, -0.2) is 0 Å². The quantitative estimate of drug-likeness (QED) is 0.761. The van der Waals surface area contributed by atoms with Crippen molar-refractivity contribution in [2.75, 3.05) is 11.1 Å². The van der Waals surface area contributed by atoms with Crippen LogP contribution in [0.2, 0.25) is 0 Å². The summed E-state index contributed by atoms with van der Waals surface area (Å²) in [5, 5.41) is 2.82. The third-order valence-corrected chi connectivity index (χ3v) is 3.10. The van der Waals surface area contributed by atoms with Crippen molar-refractivity contribution in [3.63, 3.8) is 0 Å². The van der Waals surface area contributed by atoms with Crippen LogP contribution in [0.25, 0.3) is 0 Å². The first-order chi connectivity index (χ1) is 8.13. The number of nitrogens with one attached hydrogen (secondary N) is 1. The van der Waals surface area contributed by atoms with Gasteiger partial charge in [-0.1, -0.05) is 19.1 Å². The highest BCUT2D eigenvalue weighted by atomic mass is 32.2. The molecule has 0 heterocycles. The molecule has 0 fully saturated rings. The number of rotatable bonds is 6. The van der Waals surface area contributed by atoms with Gasteiger partial charge in [0.2, 0.25) is 11.8 Å². The molecular weight excluding hydrogens is 236 g/mol. The number of anilines is 1. The molecule has 2 amide bonds. The van der Waals surface area contributed by atoms with E-state index in [1.54, 1.807) is 0 Å². The van der Waals surface area contributed by atoms with E-state index < -0.39 is 0 Å². The Labute approximate surface area is 105 Å². The molecule has 5 heteroatoms. The summed E-state index contributed by atoms with van der Waals surface area (Å²) in [6.07, 6.45) is 1.30. The van der Waals surface area contributed by atoms with E-state index in [-0.39, 0.29) is 17.6 Å². The highest BCUT2D eigenvalue weighted by molar-refractivity contribution is 8.00. The van der Waals surface area contributed by atoms with Crippen LogP contribution in [0, 0.1) is 0 Å². The molecule has 92 valence electrons. The van der Waals surface area contributed by atoms with E-state index in [1.165, 1.54) is 11.8 Å². The summed E-state index contributed by atoms with van der Waals surface area (Å²) in [6.45, 7) is 1.95. The maximum atomic E-state index is 11.5. The second kappa shape index (κ2) is 6.96. The van der Waals surface area contributed by atoms with Gasteiger partial charge in [0.1, 0.15) is 0 Å². The predicted molar refractivity (Wildman–Crippen MR) is 69.9 cm³/mol. The lowest BCUT2D eigenvalue weighted by Crippen LogP contribution is -2.14. The third-order valence-electron chi connectivity index (χ3n) is 2.01. The van der Waals surface area contributed by atoms with Crippen LogP contribution in [0.15, 0.2) is 29.2 Å². The lowest BCUT2D eigenvalue weighted by molar-refractivity contribution is -0.116. The molecule has 0 aliphatic carbocycles. The summed E-state index contributed by atoms with van der Waals surface area (Å²) in [5.41, 5.74) is 5.83. The highest BCUT2D eigenvalue weighted by Gasteiger charge is 2.07. The Bertz CT molecular complexity index is 407. The molecule has 0 radical (unpaired) electrons. The number of carbonyl (C=O) groups excluding carboxylic acids is 2. The van der Waals surface area contributed by atoms with Crippen molar-refractivity contribution in [3.05, 3.63) is 24.3 Å². The van der Waals surface area contributed by atoms with E-state index in [0.717, 1.165) is 17.0 Å². The summed E-state index contributed by atoms with van der Waals surface area (Å²) in [5.74, 6) is -0.176. The average molecular weight is 252 g/mol. The SMILES string of the molecule is CCCC(=O)Nc1ccccc1SCC(N)=O. The number of hydrogen-bond acceptors (Lipinski definition) is 3. The van der Waals surface area contributed by atoms with Crippen molar-refractivity contribution < 1.29 is 9.59 Å². The van der Waals surface area contributed by atoms with Gasteiger partial charge in [-0.05, 0) is 18.6 Å². The molecular formula is C12H16N2O2S. The Morgan fingerprint density at radius 3 is 2.71 bits per heavy atom. The van der Waals surface area contributed by atoms with Crippen LogP contribution in [0.5, 0.6) is 0 Å². The molecule has 0 bridgehead atoms. The van der Waals surface area contributed by atoms with Crippen LogP contribution in [0.1, 0.15) is 19.8 Å². The first kappa shape index (κ1) is 13.6. The van der Waals surface area contributed by atoms with Gasteiger partial charge >= 0.3 is 0 Å². The number of para-hydroxylation sites is 1. The van der Waals surface area contributed by atoms with Crippen molar-refractivity contribution >= 4 is 29.3 Å². The smallest absolute Gasteiger partial charge is 0.227 e. The molecule has 0 aliphatic rings. The normalized spacial score (nSPS) is 9.94. The lowest BCUT2D eigenvalue weighted by Gasteiger charge is -2.09. The van der Waals surface area contributed by atoms with E-state index in [2.05, 4.69) is 5.32 Å². The second-order valence-electron chi connectivity index (χ2n) is 3.55. The monoisotopic (exact) mass is 252 g/mol. The zero-order valence-corrected chi connectivity index (χ0v) is 10.5. The fourth-order valence-electron chi connectivity index (χ4n) is 1.28. The third kappa shape index (κ3) is 4.91. The number of hydrogen-bond donors (Lipinski definition) is 2. The van der Waals surface area contributed by atoms with Crippen molar-refractivity contribution in [2.24, 2.45) is 5.73 Å². The molecule has 0 aliphatic heterocycles. The van der Waals surface area contributed by atoms with Crippen molar-refractivity contribution in [3.8, 4) is 0 Å². The number of carbonyl (C=O) groups is 2. The number of thioether (sulfide) groups is 1. The lowest BCUT2D eigenvalue weighted by atomic mass is 10.3. The molecule has 1 aromatic carbocycles. The van der Waals surface area contributed by atoms with Crippen LogP contribution < -0.4 is 11.1 Å². The van der Waals surface area contributed by atoms with E-state index >= 15 is 0 Å². The van der Waals surface area contributed by atoms with E-state index in [4.69, 9.17) is 5.73 Å². The van der Waals surface area contributed by atoms with Crippen LogP contribution in [-0.4, -0.2) is 17.6 Å². The van der Waals surface area contributed by atoms with Crippen LogP contribution in [0.3, 0.4) is 0 Å². The molecule has 0 atom stereocenters. The van der Waals surface area contributed by atoms with E-state index in [0.29, 0.717) is 6.42 Å². The second-order valence-corrected chi connectivity index (χ2v) is 4.57. The van der Waals surface area contributed by atoms with Crippen LogP contribution in [-0.2, 0) is 9.59 Å². The van der Waals surface area contributed by atoms with Gasteiger partial charge in [-0.2, -0.15) is 0 Å². The molecule has 0 unspecified atom stereocenters. The molecule has 17 heavy (non-hydrogen) atoms. The molecule has 3 N–H and O–H groups in total. The standard InChI is InChI=1S/C12H16N2O2S/c1-2-5-12(16)14-9-6-3-4-7-10(9)17-8-11(13)15/h3-4,6-7H,2,5,8H2,1H3,(H2,13,15)(H,14,16). The Balaban J connectivity index is 2.70. The molecule has 1 aromatic rings. The Hall–Kier alpha value is -1.49. The van der Waals surface area contributed by atoms with Crippen molar-refractivity contribution in [1.29, 1.82) is 0 Å². The maximum absolute atomic E-state index is 11.5. The Morgan fingerprint density at radius 1 is 1.35 bits per heavy atom. The zero-order valence-electron chi connectivity index (χ0n) is 9.73. The van der Waals surface area contributed by atoms with Gasteiger partial charge in [-0.15, -0.1) is 11.8 Å². The van der Waals surface area contributed by atoms with Crippen molar-refractivity contribution in [1.82, 2.24) is 0 Å². The van der Waals surface area contributed by atoms with Gasteiger partial charge in [-0.3, -0.25) is 9.59 Å². The molecule has 0 aromatic heterocycles. The van der Waals surface area contributed by atoms with Gasteiger partial charge in [0.15, 0.2) is 0 Å². The summed E-state index contributed by atoms with van der Waals surface area (Å²) >= 11 is 1.33. The summed E-state index contributed by atoms with van der Waals surface area (Å²) in [7, 11) is 0. The first-order valence-corrected chi connectivity index (χ1v) is 6.42. The summed E-state index contributed by atoms with van der Waals surface area (Å²) in [4.78, 5) is 23.1. The Kier molecular flexibility index (Phi) is 5.56. The largest absolute Gasteiger partial charge is 0.369 e. The first-order valence-electron chi connectivity index (χ1n) is 5.43. The molecule has 4 nitrogen and oxygen atoms in total. The average Bonchev–Trinajstić information content (AvgIpc) is 2.28. The number of benzene rings is 1. The predicted octanol–water partition coefficient (Wildman–Crippen LogP) is 2.00. The topological polar surface area (TPSA) is 72.2 Å². The fraction of sp³-hybridized carbons (Fsp3) is 0.333. The van der Waals surface area contributed by atoms with Gasteiger partial charge < -0.3 is 11.1 Å². The highest BCUT2D eigenvalue weighted by Crippen LogP contribution is 2.26. The van der Waals surface area contributed by atoms with Crippen LogP contribution in [0.4, 0.5) is 5.69 Å².